The van der Waals surface area contributed by atoms with Crippen molar-refractivity contribution in [1.29, 1.82) is 0 Å². The second kappa shape index (κ2) is 18.7. The van der Waals surface area contributed by atoms with Gasteiger partial charge in [-0.05, 0) is 76.7 Å². The van der Waals surface area contributed by atoms with Crippen molar-refractivity contribution in [2.75, 3.05) is 0 Å². The van der Waals surface area contributed by atoms with Crippen molar-refractivity contribution < 1.29 is 4.79 Å². The molecule has 0 fully saturated rings. The Morgan fingerprint density at radius 2 is 1.16 bits per heavy atom. The average molecular weight is 847 g/mol. The second-order valence-electron chi connectivity index (χ2n) is 21.2. The molecule has 334 valence electrons. The van der Waals surface area contributed by atoms with E-state index in [1.165, 1.54) is 16.7 Å². The predicted octanol–water partition coefficient (Wildman–Crippen LogP) is 14.1. The highest BCUT2D eigenvalue weighted by Gasteiger charge is 2.38. The molecule has 63 heavy (non-hydrogen) atoms. The SMILES string of the molecule is C=C(NC(c1nc(-c2ccc(-c3ccc(-c4c[nH]c(C(NC(=O)C(C)(C)Cc5ccccc5CC)C(C)(C)C)n4)cc3)cc2)c[nH]1)C(C)(C)C)C(C)(C)C(C)C1=C(CC)CCC=C1. The first-order chi connectivity index (χ1) is 29.6. The number of hydrogen-bond donors (Lipinski definition) is 4. The molecular formula is C56H74N6O. The number of imidazole rings is 2. The summed E-state index contributed by atoms with van der Waals surface area (Å²) in [6, 6.07) is 25.2. The van der Waals surface area contributed by atoms with Gasteiger partial charge in [0.25, 0.3) is 0 Å². The Hall–Kier alpha value is -5.43. The molecule has 0 radical (unpaired) electrons. The van der Waals surface area contributed by atoms with Crippen molar-refractivity contribution in [2.24, 2.45) is 27.6 Å². The number of hydrogen-bond acceptors (Lipinski definition) is 4. The van der Waals surface area contributed by atoms with E-state index in [2.05, 4.69) is 188 Å². The third-order valence-corrected chi connectivity index (χ3v) is 13.6. The van der Waals surface area contributed by atoms with Gasteiger partial charge in [-0.2, -0.15) is 0 Å². The summed E-state index contributed by atoms with van der Waals surface area (Å²) in [4.78, 5) is 31.0. The van der Waals surface area contributed by atoms with E-state index in [1.54, 1.807) is 5.57 Å². The maximum absolute atomic E-state index is 13.9. The molecule has 4 N–H and O–H groups in total. The number of amides is 1. The third-order valence-electron chi connectivity index (χ3n) is 13.6. The van der Waals surface area contributed by atoms with Crippen LogP contribution in [0.3, 0.4) is 0 Å². The molecule has 1 aliphatic rings. The maximum Gasteiger partial charge on any atom is 0.226 e. The van der Waals surface area contributed by atoms with Crippen LogP contribution in [0.2, 0.25) is 0 Å². The van der Waals surface area contributed by atoms with E-state index in [-0.39, 0.29) is 34.2 Å². The standard InChI is InChI=1S/C56H74N6O/c1-15-38-21-17-18-23-44(38)33-55(11,12)52(63)62-49(54(8,9)10)51-58-35-47(61-51)43-31-27-41(28-32-43)40-25-29-42(30-26-40)46-34-57-50(60-46)48(53(5,6)7)59-37(4)56(13,14)36(3)45-24-20-19-22-39(45)16-2/h17-18,20-21,23-32,34-36,48-49,59H,4,15-16,19,22,33H2,1-3,5-14H3,(H,57,60)(H,58,61)(H,62,63). The number of nitrogens with zero attached hydrogens (tertiary/aromatic N) is 2. The Morgan fingerprint density at radius 3 is 1.63 bits per heavy atom. The van der Waals surface area contributed by atoms with Crippen LogP contribution in [0.1, 0.15) is 144 Å². The van der Waals surface area contributed by atoms with Crippen LogP contribution >= 0.6 is 0 Å². The van der Waals surface area contributed by atoms with Crippen molar-refractivity contribution in [1.82, 2.24) is 30.6 Å². The van der Waals surface area contributed by atoms with Gasteiger partial charge >= 0.3 is 0 Å². The van der Waals surface area contributed by atoms with E-state index in [0.717, 1.165) is 76.7 Å². The Bertz CT molecular complexity index is 2420. The maximum atomic E-state index is 13.9. The van der Waals surface area contributed by atoms with Gasteiger partial charge in [0.1, 0.15) is 11.6 Å². The molecular weight excluding hydrogens is 773 g/mol. The van der Waals surface area contributed by atoms with E-state index in [1.807, 2.05) is 26.2 Å². The lowest BCUT2D eigenvalue weighted by Gasteiger charge is -2.40. The molecule has 2 heterocycles. The van der Waals surface area contributed by atoms with Crippen molar-refractivity contribution in [3.63, 3.8) is 0 Å². The van der Waals surface area contributed by atoms with Crippen LogP contribution < -0.4 is 10.6 Å². The lowest BCUT2D eigenvalue weighted by Crippen LogP contribution is -2.44. The van der Waals surface area contributed by atoms with Crippen molar-refractivity contribution >= 4 is 5.91 Å². The number of H-pyrrole nitrogens is 2. The minimum Gasteiger partial charge on any atom is -0.378 e. The number of aromatic amines is 2. The summed E-state index contributed by atoms with van der Waals surface area (Å²) in [5, 5.41) is 7.23. The lowest BCUT2D eigenvalue weighted by atomic mass is 9.70. The molecule has 0 saturated heterocycles. The van der Waals surface area contributed by atoms with Crippen LogP contribution in [0.15, 0.2) is 121 Å². The number of allylic oxidation sites excluding steroid dienone is 5. The number of aryl methyl sites for hydroxylation is 1. The monoisotopic (exact) mass is 847 g/mol. The van der Waals surface area contributed by atoms with Gasteiger partial charge in [0, 0.05) is 40.0 Å². The van der Waals surface area contributed by atoms with Crippen molar-refractivity contribution in [3.05, 3.63) is 144 Å². The van der Waals surface area contributed by atoms with E-state index in [9.17, 15) is 4.79 Å². The van der Waals surface area contributed by atoms with Gasteiger partial charge in [0.05, 0.1) is 23.5 Å². The molecule has 1 amide bonds. The number of carbonyl (C=O) groups is 1. The zero-order valence-electron chi connectivity index (χ0n) is 40.5. The zero-order valence-corrected chi connectivity index (χ0v) is 40.5. The second-order valence-corrected chi connectivity index (χ2v) is 21.2. The average Bonchev–Trinajstić information content (AvgIpc) is 3.94. The van der Waals surface area contributed by atoms with Crippen LogP contribution in [-0.2, 0) is 17.6 Å². The minimum absolute atomic E-state index is 0.0165. The fourth-order valence-electron chi connectivity index (χ4n) is 8.85. The molecule has 0 bridgehead atoms. The quantitative estimate of drug-likeness (QED) is 0.0795. The first kappa shape index (κ1) is 47.1. The highest BCUT2D eigenvalue weighted by atomic mass is 16.2. The molecule has 0 spiro atoms. The molecule has 3 atom stereocenters. The Labute approximate surface area is 378 Å². The highest BCUT2D eigenvalue weighted by molar-refractivity contribution is 5.82. The fraction of sp³-hybridized carbons (Fsp3) is 0.446. The Kier molecular flexibility index (Phi) is 14.0. The van der Waals surface area contributed by atoms with Crippen LogP contribution in [0.25, 0.3) is 33.6 Å². The van der Waals surface area contributed by atoms with Gasteiger partial charge in [-0.15, -0.1) is 0 Å². The number of benzene rings is 3. The number of nitrogens with one attached hydrogen (secondary N) is 4. The van der Waals surface area contributed by atoms with Gasteiger partial charge in [0.15, 0.2) is 0 Å². The number of aromatic nitrogens is 4. The first-order valence-corrected chi connectivity index (χ1v) is 23.2. The van der Waals surface area contributed by atoms with E-state index < -0.39 is 5.41 Å². The lowest BCUT2D eigenvalue weighted by molar-refractivity contribution is -0.131. The van der Waals surface area contributed by atoms with Crippen LogP contribution in [0, 0.1) is 27.6 Å². The van der Waals surface area contributed by atoms with Crippen molar-refractivity contribution in [3.8, 4) is 33.6 Å². The normalized spacial score (nSPS) is 15.3. The van der Waals surface area contributed by atoms with Crippen LogP contribution in [0.5, 0.6) is 0 Å². The molecule has 7 nitrogen and oxygen atoms in total. The molecule has 2 aromatic heterocycles. The van der Waals surface area contributed by atoms with Crippen molar-refractivity contribution in [2.45, 2.75) is 134 Å². The smallest absolute Gasteiger partial charge is 0.226 e. The summed E-state index contributed by atoms with van der Waals surface area (Å²) in [6.07, 6.45) is 13.6. The van der Waals surface area contributed by atoms with E-state index in [4.69, 9.17) is 9.97 Å². The molecule has 7 heteroatoms. The van der Waals surface area contributed by atoms with Gasteiger partial charge in [-0.25, -0.2) is 9.97 Å². The highest BCUT2D eigenvalue weighted by Crippen LogP contribution is 2.44. The molecule has 1 aliphatic carbocycles. The Morgan fingerprint density at radius 1 is 0.683 bits per heavy atom. The summed E-state index contributed by atoms with van der Waals surface area (Å²) < 4.78 is 0. The van der Waals surface area contributed by atoms with Gasteiger partial charge in [-0.1, -0.05) is 187 Å². The van der Waals surface area contributed by atoms with Crippen LogP contribution in [-0.4, -0.2) is 25.8 Å². The van der Waals surface area contributed by atoms with Gasteiger partial charge in [-0.3, -0.25) is 4.79 Å². The number of carbonyl (C=O) groups excluding carboxylic acids is 1. The molecule has 6 rings (SSSR count). The van der Waals surface area contributed by atoms with Crippen LogP contribution in [0.4, 0.5) is 0 Å². The summed E-state index contributed by atoms with van der Waals surface area (Å²) >= 11 is 0. The van der Waals surface area contributed by atoms with Gasteiger partial charge in [0.2, 0.25) is 5.91 Å². The summed E-state index contributed by atoms with van der Waals surface area (Å²) in [7, 11) is 0. The van der Waals surface area contributed by atoms with Gasteiger partial charge < -0.3 is 20.6 Å². The topological polar surface area (TPSA) is 98.5 Å². The third kappa shape index (κ3) is 10.7. The molecule has 3 unspecified atom stereocenters. The Balaban J connectivity index is 1.13. The minimum atomic E-state index is -0.595. The molecule has 3 aromatic carbocycles. The largest absolute Gasteiger partial charge is 0.378 e. The number of rotatable bonds is 16. The fourth-order valence-corrected chi connectivity index (χ4v) is 8.85. The summed E-state index contributed by atoms with van der Waals surface area (Å²) in [5.41, 5.74) is 11.5. The first-order valence-electron chi connectivity index (χ1n) is 23.2. The molecule has 5 aromatic rings. The molecule has 0 aliphatic heterocycles. The predicted molar refractivity (Wildman–Crippen MR) is 264 cm³/mol. The molecule has 0 saturated carbocycles. The van der Waals surface area contributed by atoms with E-state index in [0.29, 0.717) is 12.3 Å². The summed E-state index contributed by atoms with van der Waals surface area (Å²) in [6.45, 7) is 33.3. The summed E-state index contributed by atoms with van der Waals surface area (Å²) in [5.74, 6) is 2.00. The zero-order chi connectivity index (χ0) is 45.9. The van der Waals surface area contributed by atoms with E-state index >= 15 is 0 Å².